The second kappa shape index (κ2) is 4.83. The van der Waals surface area contributed by atoms with Gasteiger partial charge < -0.3 is 5.73 Å². The van der Waals surface area contributed by atoms with E-state index in [4.69, 9.17) is 21.9 Å². The van der Waals surface area contributed by atoms with Crippen LogP contribution in [0.15, 0.2) is 17.0 Å². The van der Waals surface area contributed by atoms with Crippen molar-refractivity contribution in [2.45, 2.75) is 11.8 Å². The van der Waals surface area contributed by atoms with Crippen LogP contribution in [0.4, 0.5) is 5.69 Å². The van der Waals surface area contributed by atoms with Gasteiger partial charge in [-0.1, -0.05) is 11.6 Å². The molecule has 7 heteroatoms. The van der Waals surface area contributed by atoms with Crippen LogP contribution in [-0.4, -0.2) is 42.5 Å². The molecule has 0 saturated carbocycles. The molecule has 14 heavy (non-hydrogen) atoms. The van der Waals surface area contributed by atoms with Gasteiger partial charge in [-0.25, -0.2) is 0 Å². The number of rotatable bonds is 1. The first-order valence-electron chi connectivity index (χ1n) is 3.35. The minimum atomic E-state index is -4.26. The summed E-state index contributed by atoms with van der Waals surface area (Å²) in [5, 5.41) is 0.366. The number of benzene rings is 1. The predicted octanol–water partition coefficient (Wildman–Crippen LogP) is 1.10. The van der Waals surface area contributed by atoms with Crippen molar-refractivity contribution < 1.29 is 13.0 Å². The third-order valence-electron chi connectivity index (χ3n) is 1.57. The molecule has 73 valence electrons. The summed E-state index contributed by atoms with van der Waals surface area (Å²) in [6.45, 7) is 1.62. The Labute approximate surface area is 109 Å². The number of nitrogens with two attached hydrogens (primary N) is 1. The van der Waals surface area contributed by atoms with Crippen molar-refractivity contribution in [3.8, 4) is 0 Å². The quantitative estimate of drug-likeness (QED) is 0.440. The van der Waals surface area contributed by atoms with Gasteiger partial charge in [0.25, 0.3) is 10.1 Å². The summed E-state index contributed by atoms with van der Waals surface area (Å²) in [5.74, 6) is 0. The van der Waals surface area contributed by atoms with Gasteiger partial charge in [0.2, 0.25) is 0 Å². The number of anilines is 1. The topological polar surface area (TPSA) is 80.4 Å². The van der Waals surface area contributed by atoms with E-state index in [1.165, 1.54) is 12.1 Å². The summed E-state index contributed by atoms with van der Waals surface area (Å²) in [4.78, 5) is -0.311. The number of aryl methyl sites for hydroxylation is 1. The van der Waals surface area contributed by atoms with Crippen molar-refractivity contribution in [2.75, 3.05) is 5.73 Å². The molecule has 1 aromatic carbocycles. The van der Waals surface area contributed by atoms with E-state index < -0.39 is 10.1 Å². The van der Waals surface area contributed by atoms with Crippen molar-refractivity contribution in [1.82, 2.24) is 0 Å². The van der Waals surface area contributed by atoms with Gasteiger partial charge in [-0.2, -0.15) is 8.42 Å². The number of halogens is 1. The van der Waals surface area contributed by atoms with Gasteiger partial charge in [0, 0.05) is 34.6 Å². The molecule has 4 nitrogen and oxygen atoms in total. The number of hydrogen-bond acceptors (Lipinski definition) is 3. The summed E-state index contributed by atoms with van der Waals surface area (Å²) in [7, 11) is -4.26. The Morgan fingerprint density at radius 1 is 1.43 bits per heavy atom. The average molecular weight is 245 g/mol. The smallest absolute Gasteiger partial charge is 0.296 e. The van der Waals surface area contributed by atoms with Gasteiger partial charge in [-0.15, -0.1) is 0 Å². The minimum absolute atomic E-state index is 0. The third-order valence-corrected chi connectivity index (χ3v) is 2.89. The van der Waals surface area contributed by atoms with Gasteiger partial charge in [-0.3, -0.25) is 4.55 Å². The zero-order valence-electron chi connectivity index (χ0n) is 7.78. The molecule has 0 heterocycles. The van der Waals surface area contributed by atoms with Crippen molar-refractivity contribution in [2.24, 2.45) is 0 Å². The summed E-state index contributed by atoms with van der Waals surface area (Å²) >= 11 is 5.68. The molecule has 1 rings (SSSR count). The molecule has 0 unspecified atom stereocenters. The maximum absolute atomic E-state index is 10.7. The SMILES string of the molecule is Cc1cc(S(=O)(=O)O)c(N)cc1Cl.[Na]. The van der Waals surface area contributed by atoms with Crippen LogP contribution in [0.2, 0.25) is 5.02 Å². The maximum Gasteiger partial charge on any atom is 0.296 e. The largest absolute Gasteiger partial charge is 0.398 e. The van der Waals surface area contributed by atoms with E-state index >= 15 is 0 Å². The Morgan fingerprint density at radius 2 is 1.93 bits per heavy atom. The van der Waals surface area contributed by atoms with Crippen LogP contribution in [0.3, 0.4) is 0 Å². The van der Waals surface area contributed by atoms with Crippen LogP contribution in [0.25, 0.3) is 0 Å². The zero-order valence-corrected chi connectivity index (χ0v) is 11.4. The molecule has 1 aromatic rings. The molecule has 0 amide bonds. The van der Waals surface area contributed by atoms with Gasteiger partial charge in [0.05, 0.1) is 5.69 Å². The second-order valence-electron chi connectivity index (χ2n) is 2.61. The molecular formula is C7H8ClNNaO3S. The standard InChI is InChI=1S/C7H8ClNO3S.Na/c1-4-2-7(13(10,11)12)6(9)3-5(4)8;/h2-3H,9H2,1H3,(H,10,11,12);. The second-order valence-corrected chi connectivity index (χ2v) is 4.41. The van der Waals surface area contributed by atoms with Gasteiger partial charge >= 0.3 is 0 Å². The molecule has 0 bridgehead atoms. The van der Waals surface area contributed by atoms with Crippen molar-refractivity contribution in [3.63, 3.8) is 0 Å². The summed E-state index contributed by atoms with van der Waals surface area (Å²) in [5.41, 5.74) is 5.84. The average Bonchev–Trinajstić information content (AvgIpc) is 1.94. The van der Waals surface area contributed by atoms with E-state index in [-0.39, 0.29) is 40.1 Å². The summed E-state index contributed by atoms with van der Waals surface area (Å²) in [6.07, 6.45) is 0. The van der Waals surface area contributed by atoms with E-state index in [0.29, 0.717) is 10.6 Å². The van der Waals surface area contributed by atoms with Crippen molar-refractivity contribution in [3.05, 3.63) is 22.7 Å². The molecular weight excluding hydrogens is 237 g/mol. The molecule has 0 aliphatic carbocycles. The molecule has 0 aliphatic rings. The van der Waals surface area contributed by atoms with E-state index in [1.54, 1.807) is 6.92 Å². The first-order chi connectivity index (χ1) is 5.82. The van der Waals surface area contributed by atoms with E-state index in [0.717, 1.165) is 0 Å². The maximum atomic E-state index is 10.7. The molecule has 0 saturated heterocycles. The molecule has 0 atom stereocenters. The molecule has 0 fully saturated rings. The van der Waals surface area contributed by atoms with E-state index in [9.17, 15) is 8.42 Å². The first kappa shape index (κ1) is 14.2. The summed E-state index contributed by atoms with van der Waals surface area (Å²) in [6, 6.07) is 2.52. The molecule has 0 aromatic heterocycles. The van der Waals surface area contributed by atoms with Crippen LogP contribution in [-0.2, 0) is 10.1 Å². The van der Waals surface area contributed by atoms with Gasteiger partial charge in [0.15, 0.2) is 0 Å². The molecule has 0 spiro atoms. The molecule has 1 radical (unpaired) electrons. The Morgan fingerprint density at radius 3 is 2.36 bits per heavy atom. The van der Waals surface area contributed by atoms with Crippen LogP contribution >= 0.6 is 11.6 Å². The monoisotopic (exact) mass is 244 g/mol. The Kier molecular flexibility index (Phi) is 4.90. The van der Waals surface area contributed by atoms with Crippen LogP contribution in [0, 0.1) is 6.92 Å². The van der Waals surface area contributed by atoms with Crippen LogP contribution in [0.5, 0.6) is 0 Å². The Balaban J connectivity index is 0.00000169. The molecule has 3 N–H and O–H groups in total. The van der Waals surface area contributed by atoms with Gasteiger partial charge in [-0.05, 0) is 24.6 Å². The Bertz CT molecular complexity index is 446. The zero-order chi connectivity index (χ0) is 10.2. The molecule has 0 aliphatic heterocycles. The third kappa shape index (κ3) is 3.12. The summed E-state index contributed by atoms with van der Waals surface area (Å²) < 4.78 is 30.2. The van der Waals surface area contributed by atoms with E-state index in [2.05, 4.69) is 0 Å². The van der Waals surface area contributed by atoms with Crippen LogP contribution in [0.1, 0.15) is 5.56 Å². The normalized spacial score (nSPS) is 10.8. The fraction of sp³-hybridized carbons (Fsp3) is 0.143. The van der Waals surface area contributed by atoms with Crippen LogP contribution < -0.4 is 5.73 Å². The fourth-order valence-electron chi connectivity index (χ4n) is 0.894. The fourth-order valence-corrected chi connectivity index (χ4v) is 1.75. The van der Waals surface area contributed by atoms with Crippen molar-refractivity contribution in [1.29, 1.82) is 0 Å². The number of hydrogen-bond donors (Lipinski definition) is 2. The Hall–Kier alpha value is 0.220. The van der Waals surface area contributed by atoms with Crippen molar-refractivity contribution >= 4 is 57.0 Å². The number of nitrogen functional groups attached to an aromatic ring is 1. The predicted molar refractivity (Wildman–Crippen MR) is 56.2 cm³/mol. The van der Waals surface area contributed by atoms with Gasteiger partial charge in [0.1, 0.15) is 4.90 Å². The van der Waals surface area contributed by atoms with E-state index in [1.807, 2.05) is 0 Å². The first-order valence-corrected chi connectivity index (χ1v) is 5.17. The minimum Gasteiger partial charge on any atom is -0.398 e.